The van der Waals surface area contributed by atoms with E-state index >= 15 is 0 Å². The number of amides is 2. The molecule has 6 heteroatoms. The molecular weight excluding hydrogens is 234 g/mol. The second-order valence-corrected chi connectivity index (χ2v) is 4.45. The van der Waals surface area contributed by atoms with E-state index in [0.29, 0.717) is 32.5 Å². The molecule has 2 atom stereocenters. The normalized spacial score (nSPS) is 22.8. The molecule has 1 rings (SSSR count). The number of hydrogen-bond acceptors (Lipinski definition) is 4. The van der Waals surface area contributed by atoms with E-state index in [-0.39, 0.29) is 17.9 Å². The largest absolute Gasteiger partial charge is 0.364 e. The van der Waals surface area contributed by atoms with Crippen LogP contribution in [0.1, 0.15) is 32.6 Å². The standard InChI is InChI=1S/C12H23N3O3/c1-2-6-14-11(16)5-7-15-12(17)10-4-3-9(8-13)18-10/h9-10H,2-8,13H2,1H3,(H,14,16)(H,15,17)/t9-,10+/m1/s1. The van der Waals surface area contributed by atoms with Crippen LogP contribution in [-0.2, 0) is 14.3 Å². The first kappa shape index (κ1) is 14.9. The Morgan fingerprint density at radius 1 is 1.28 bits per heavy atom. The van der Waals surface area contributed by atoms with Crippen molar-refractivity contribution in [1.29, 1.82) is 0 Å². The second kappa shape index (κ2) is 8.05. The Balaban J connectivity index is 2.12. The molecule has 1 heterocycles. The molecule has 0 aromatic rings. The van der Waals surface area contributed by atoms with Crippen molar-refractivity contribution in [1.82, 2.24) is 10.6 Å². The summed E-state index contributed by atoms with van der Waals surface area (Å²) in [5.74, 6) is -0.182. The smallest absolute Gasteiger partial charge is 0.249 e. The van der Waals surface area contributed by atoms with Crippen LogP contribution in [0.15, 0.2) is 0 Å². The molecule has 0 aromatic carbocycles. The van der Waals surface area contributed by atoms with Crippen molar-refractivity contribution in [3.05, 3.63) is 0 Å². The van der Waals surface area contributed by atoms with Gasteiger partial charge in [0.1, 0.15) is 6.10 Å². The summed E-state index contributed by atoms with van der Waals surface area (Å²) in [6.45, 7) is 3.47. The van der Waals surface area contributed by atoms with Crippen molar-refractivity contribution in [3.8, 4) is 0 Å². The van der Waals surface area contributed by atoms with Crippen molar-refractivity contribution in [3.63, 3.8) is 0 Å². The zero-order valence-electron chi connectivity index (χ0n) is 10.9. The summed E-state index contributed by atoms with van der Waals surface area (Å²) >= 11 is 0. The van der Waals surface area contributed by atoms with Gasteiger partial charge in [-0.2, -0.15) is 0 Å². The molecule has 0 unspecified atom stereocenters. The molecule has 0 aliphatic carbocycles. The van der Waals surface area contributed by atoms with Crippen molar-refractivity contribution >= 4 is 11.8 Å². The van der Waals surface area contributed by atoms with Crippen LogP contribution < -0.4 is 16.4 Å². The van der Waals surface area contributed by atoms with Crippen LogP contribution in [0.5, 0.6) is 0 Å². The summed E-state index contributed by atoms with van der Waals surface area (Å²) in [6, 6.07) is 0. The molecular formula is C12H23N3O3. The van der Waals surface area contributed by atoms with Crippen LogP contribution in [0.2, 0.25) is 0 Å². The molecule has 6 nitrogen and oxygen atoms in total. The Labute approximate surface area is 108 Å². The maximum atomic E-state index is 11.7. The molecule has 1 saturated heterocycles. The highest BCUT2D eigenvalue weighted by molar-refractivity contribution is 5.82. The number of hydrogen-bond donors (Lipinski definition) is 3. The molecule has 1 aliphatic rings. The van der Waals surface area contributed by atoms with Crippen LogP contribution in [0.3, 0.4) is 0 Å². The first-order chi connectivity index (χ1) is 8.67. The van der Waals surface area contributed by atoms with Gasteiger partial charge in [-0.1, -0.05) is 6.92 Å². The minimum absolute atomic E-state index is 0.00592. The molecule has 0 spiro atoms. The van der Waals surface area contributed by atoms with Gasteiger partial charge in [-0.15, -0.1) is 0 Å². The average Bonchev–Trinajstić information content (AvgIpc) is 2.85. The number of ether oxygens (including phenoxy) is 1. The van der Waals surface area contributed by atoms with E-state index in [1.54, 1.807) is 0 Å². The topological polar surface area (TPSA) is 93.5 Å². The van der Waals surface area contributed by atoms with Gasteiger partial charge in [0, 0.05) is 26.1 Å². The van der Waals surface area contributed by atoms with Gasteiger partial charge < -0.3 is 21.1 Å². The van der Waals surface area contributed by atoms with Gasteiger partial charge in [-0.3, -0.25) is 9.59 Å². The van der Waals surface area contributed by atoms with Crippen molar-refractivity contribution < 1.29 is 14.3 Å². The van der Waals surface area contributed by atoms with Crippen LogP contribution in [0.25, 0.3) is 0 Å². The molecule has 104 valence electrons. The Morgan fingerprint density at radius 3 is 2.67 bits per heavy atom. The van der Waals surface area contributed by atoms with E-state index < -0.39 is 6.10 Å². The predicted octanol–water partition coefficient (Wildman–Crippen LogP) is -0.475. The fourth-order valence-corrected chi connectivity index (χ4v) is 1.84. The highest BCUT2D eigenvalue weighted by atomic mass is 16.5. The van der Waals surface area contributed by atoms with Gasteiger partial charge in [0.05, 0.1) is 6.10 Å². The summed E-state index contributed by atoms with van der Waals surface area (Å²) in [5.41, 5.74) is 5.47. The van der Waals surface area contributed by atoms with Crippen LogP contribution in [-0.4, -0.2) is 43.7 Å². The highest BCUT2D eigenvalue weighted by Gasteiger charge is 2.29. The second-order valence-electron chi connectivity index (χ2n) is 4.45. The van der Waals surface area contributed by atoms with Gasteiger partial charge in [0.15, 0.2) is 0 Å². The first-order valence-corrected chi connectivity index (χ1v) is 6.57. The molecule has 0 radical (unpaired) electrons. The number of carbonyl (C=O) groups excluding carboxylic acids is 2. The summed E-state index contributed by atoms with van der Waals surface area (Å²) in [6.07, 6.45) is 2.33. The number of nitrogens with two attached hydrogens (primary N) is 1. The lowest BCUT2D eigenvalue weighted by Gasteiger charge is -2.12. The number of nitrogens with one attached hydrogen (secondary N) is 2. The first-order valence-electron chi connectivity index (χ1n) is 6.57. The molecule has 0 bridgehead atoms. The van der Waals surface area contributed by atoms with E-state index in [2.05, 4.69) is 10.6 Å². The van der Waals surface area contributed by atoms with E-state index in [0.717, 1.165) is 12.8 Å². The Bertz CT molecular complexity index is 284. The molecule has 1 fully saturated rings. The van der Waals surface area contributed by atoms with Gasteiger partial charge >= 0.3 is 0 Å². The summed E-state index contributed by atoms with van der Waals surface area (Å²) in [7, 11) is 0. The Kier molecular flexibility index (Phi) is 6.67. The number of rotatable bonds is 7. The van der Waals surface area contributed by atoms with Crippen LogP contribution in [0.4, 0.5) is 0 Å². The zero-order chi connectivity index (χ0) is 13.4. The average molecular weight is 257 g/mol. The predicted molar refractivity (Wildman–Crippen MR) is 67.9 cm³/mol. The van der Waals surface area contributed by atoms with E-state index in [1.165, 1.54) is 0 Å². The summed E-state index contributed by atoms with van der Waals surface area (Å²) in [4.78, 5) is 23.0. The summed E-state index contributed by atoms with van der Waals surface area (Å²) < 4.78 is 5.46. The van der Waals surface area contributed by atoms with Crippen LogP contribution in [0, 0.1) is 0 Å². The zero-order valence-corrected chi connectivity index (χ0v) is 10.9. The Morgan fingerprint density at radius 2 is 2.06 bits per heavy atom. The third-order valence-electron chi connectivity index (χ3n) is 2.89. The lowest BCUT2D eigenvalue weighted by Crippen LogP contribution is -2.37. The lowest BCUT2D eigenvalue weighted by molar-refractivity contribution is -0.131. The third kappa shape index (κ3) is 5.01. The minimum atomic E-state index is -0.405. The molecule has 0 aromatic heterocycles. The maximum Gasteiger partial charge on any atom is 0.249 e. The molecule has 18 heavy (non-hydrogen) atoms. The van der Waals surface area contributed by atoms with Crippen molar-refractivity contribution in [2.75, 3.05) is 19.6 Å². The molecule has 2 amide bonds. The van der Waals surface area contributed by atoms with Crippen molar-refractivity contribution in [2.45, 2.75) is 44.8 Å². The lowest BCUT2D eigenvalue weighted by atomic mass is 10.2. The fourth-order valence-electron chi connectivity index (χ4n) is 1.84. The third-order valence-corrected chi connectivity index (χ3v) is 2.89. The highest BCUT2D eigenvalue weighted by Crippen LogP contribution is 2.18. The van der Waals surface area contributed by atoms with Gasteiger partial charge in [-0.25, -0.2) is 0 Å². The van der Waals surface area contributed by atoms with Crippen molar-refractivity contribution in [2.24, 2.45) is 5.73 Å². The monoisotopic (exact) mass is 257 g/mol. The van der Waals surface area contributed by atoms with E-state index in [1.807, 2.05) is 6.92 Å². The summed E-state index contributed by atoms with van der Waals surface area (Å²) in [5, 5.41) is 5.46. The number of carbonyl (C=O) groups is 2. The van der Waals surface area contributed by atoms with Gasteiger partial charge in [0.2, 0.25) is 11.8 Å². The Hall–Kier alpha value is -1.14. The van der Waals surface area contributed by atoms with Gasteiger partial charge in [0.25, 0.3) is 0 Å². The molecule has 1 aliphatic heterocycles. The quantitative estimate of drug-likeness (QED) is 0.574. The van der Waals surface area contributed by atoms with Crippen LogP contribution >= 0.6 is 0 Å². The molecule has 0 saturated carbocycles. The van der Waals surface area contributed by atoms with Gasteiger partial charge in [-0.05, 0) is 19.3 Å². The van der Waals surface area contributed by atoms with E-state index in [4.69, 9.17) is 10.5 Å². The van der Waals surface area contributed by atoms with E-state index in [9.17, 15) is 9.59 Å². The minimum Gasteiger partial charge on any atom is -0.364 e. The fraction of sp³-hybridized carbons (Fsp3) is 0.833. The maximum absolute atomic E-state index is 11.7. The molecule has 4 N–H and O–H groups in total. The SMILES string of the molecule is CCCNC(=O)CCNC(=O)[C@@H]1CC[C@H](CN)O1.